The third kappa shape index (κ3) is 4.32. The normalized spacial score (nSPS) is 21.4. The van der Waals surface area contributed by atoms with Gasteiger partial charge in [0.2, 0.25) is 0 Å². The summed E-state index contributed by atoms with van der Waals surface area (Å²) in [5.41, 5.74) is 2.78. The van der Waals surface area contributed by atoms with E-state index in [0.717, 1.165) is 24.9 Å². The first-order chi connectivity index (χ1) is 14.0. The van der Waals surface area contributed by atoms with Crippen LogP contribution in [0.15, 0.2) is 42.5 Å². The minimum absolute atomic E-state index is 0.119. The van der Waals surface area contributed by atoms with Crippen molar-refractivity contribution < 1.29 is 9.59 Å². The third-order valence-electron chi connectivity index (χ3n) is 6.33. The van der Waals surface area contributed by atoms with Crippen LogP contribution in [0.1, 0.15) is 64.8 Å². The number of carbonyl (C=O) groups excluding carboxylic acids is 2. The van der Waals surface area contributed by atoms with Crippen molar-refractivity contribution >= 4 is 29.1 Å². The van der Waals surface area contributed by atoms with Gasteiger partial charge in [0.1, 0.15) is 0 Å². The van der Waals surface area contributed by atoms with Gasteiger partial charge < -0.3 is 10.2 Å². The zero-order valence-corrected chi connectivity index (χ0v) is 17.5. The van der Waals surface area contributed by atoms with Gasteiger partial charge in [-0.3, -0.25) is 9.59 Å². The van der Waals surface area contributed by atoms with Crippen LogP contribution in [0.5, 0.6) is 0 Å². The van der Waals surface area contributed by atoms with Crippen LogP contribution in [0.2, 0.25) is 5.02 Å². The van der Waals surface area contributed by atoms with Crippen LogP contribution in [0.4, 0.5) is 5.69 Å². The van der Waals surface area contributed by atoms with Crippen molar-refractivity contribution in [2.75, 3.05) is 11.9 Å². The highest BCUT2D eigenvalue weighted by atomic mass is 35.5. The number of nitrogens with zero attached hydrogens (tertiary/aromatic N) is 1. The van der Waals surface area contributed by atoms with Crippen molar-refractivity contribution in [2.24, 2.45) is 5.92 Å². The van der Waals surface area contributed by atoms with Gasteiger partial charge in [0.05, 0.1) is 0 Å². The number of fused-ring (bicyclic) bond motifs is 1. The Bertz CT molecular complexity index is 908. The van der Waals surface area contributed by atoms with Crippen LogP contribution in [0, 0.1) is 12.8 Å². The molecular weight excluding hydrogens is 384 g/mol. The molecule has 2 fully saturated rings. The molecule has 1 aliphatic carbocycles. The van der Waals surface area contributed by atoms with Gasteiger partial charge in [-0.1, -0.05) is 24.4 Å². The molecule has 2 aromatic rings. The molecule has 1 N–H and O–H groups in total. The summed E-state index contributed by atoms with van der Waals surface area (Å²) in [4.78, 5) is 27.7. The van der Waals surface area contributed by atoms with E-state index in [0.29, 0.717) is 33.8 Å². The van der Waals surface area contributed by atoms with Crippen molar-refractivity contribution in [3.05, 3.63) is 64.2 Å². The quantitative estimate of drug-likeness (QED) is 0.705. The Hall–Kier alpha value is -2.33. The first-order valence-corrected chi connectivity index (χ1v) is 10.9. The monoisotopic (exact) mass is 410 g/mol. The zero-order chi connectivity index (χ0) is 20.4. The molecule has 1 saturated carbocycles. The minimum Gasteiger partial charge on any atom is -0.335 e. The maximum absolute atomic E-state index is 13.1. The third-order valence-corrected chi connectivity index (χ3v) is 6.56. The van der Waals surface area contributed by atoms with Crippen LogP contribution in [-0.4, -0.2) is 29.3 Å². The predicted molar refractivity (Wildman–Crippen MR) is 117 cm³/mol. The van der Waals surface area contributed by atoms with Crippen molar-refractivity contribution in [1.82, 2.24) is 4.90 Å². The van der Waals surface area contributed by atoms with E-state index in [2.05, 4.69) is 10.2 Å². The van der Waals surface area contributed by atoms with Crippen LogP contribution >= 0.6 is 11.6 Å². The van der Waals surface area contributed by atoms with Gasteiger partial charge in [0.25, 0.3) is 11.8 Å². The Morgan fingerprint density at radius 3 is 2.48 bits per heavy atom. The van der Waals surface area contributed by atoms with Crippen molar-refractivity contribution in [3.63, 3.8) is 0 Å². The summed E-state index contributed by atoms with van der Waals surface area (Å²) in [6.45, 7) is 2.72. The number of piperidine rings is 1. The molecule has 4 nitrogen and oxygen atoms in total. The van der Waals surface area contributed by atoms with E-state index in [1.807, 2.05) is 19.1 Å². The highest BCUT2D eigenvalue weighted by molar-refractivity contribution is 6.30. The number of carbonyl (C=O) groups is 2. The Kier molecular flexibility index (Phi) is 5.91. The highest BCUT2D eigenvalue weighted by Crippen LogP contribution is 2.36. The van der Waals surface area contributed by atoms with E-state index in [1.165, 1.54) is 25.7 Å². The largest absolute Gasteiger partial charge is 0.335 e. The first-order valence-electron chi connectivity index (χ1n) is 10.5. The van der Waals surface area contributed by atoms with Crippen molar-refractivity contribution in [2.45, 2.75) is 51.5 Å². The number of hydrogen-bond acceptors (Lipinski definition) is 2. The standard InChI is InChI=1S/C24H27ClN2O2/c1-16-15-19(25)10-13-21(16)23(28)26-20-11-8-18(9-12-20)24(29)27-14-4-6-17-5-2-3-7-22(17)27/h8-13,15,17,22H,2-7,14H2,1H3,(H,26,28)/t17-,22+/m1/s1. The van der Waals surface area contributed by atoms with Gasteiger partial charge in [-0.15, -0.1) is 0 Å². The number of hydrogen-bond donors (Lipinski definition) is 1. The molecule has 2 atom stereocenters. The van der Waals surface area contributed by atoms with E-state index in [4.69, 9.17) is 11.6 Å². The molecule has 0 aromatic heterocycles. The number of aryl methyl sites for hydroxylation is 1. The molecule has 152 valence electrons. The summed E-state index contributed by atoms with van der Waals surface area (Å²) < 4.78 is 0. The molecule has 4 rings (SSSR count). The number of amides is 2. The van der Waals surface area contributed by atoms with E-state index in [9.17, 15) is 9.59 Å². The predicted octanol–water partition coefficient (Wildman–Crippen LogP) is 5.70. The number of nitrogens with one attached hydrogen (secondary N) is 1. The summed E-state index contributed by atoms with van der Waals surface area (Å²) in [5.74, 6) is 0.606. The fourth-order valence-corrected chi connectivity index (χ4v) is 5.05. The van der Waals surface area contributed by atoms with Crippen LogP contribution < -0.4 is 5.32 Å². The number of anilines is 1. The molecule has 0 spiro atoms. The van der Waals surface area contributed by atoms with Gasteiger partial charge in [0, 0.05) is 34.4 Å². The number of halogens is 1. The fourth-order valence-electron chi connectivity index (χ4n) is 4.82. The second kappa shape index (κ2) is 8.58. The van der Waals surface area contributed by atoms with Gasteiger partial charge in [-0.25, -0.2) is 0 Å². The second-order valence-electron chi connectivity index (χ2n) is 8.24. The van der Waals surface area contributed by atoms with E-state index < -0.39 is 0 Å². The van der Waals surface area contributed by atoms with Crippen LogP contribution in [0.3, 0.4) is 0 Å². The maximum atomic E-state index is 13.1. The van der Waals surface area contributed by atoms with Gasteiger partial charge in [0.15, 0.2) is 0 Å². The lowest BCUT2D eigenvalue weighted by Crippen LogP contribution is -2.49. The molecule has 1 heterocycles. The average molecular weight is 411 g/mol. The summed E-state index contributed by atoms with van der Waals surface area (Å²) in [6, 6.07) is 12.9. The molecule has 5 heteroatoms. The fraction of sp³-hybridized carbons (Fsp3) is 0.417. The Labute approximate surface area is 177 Å². The minimum atomic E-state index is -0.181. The van der Waals surface area contributed by atoms with E-state index in [1.54, 1.807) is 30.3 Å². The SMILES string of the molecule is Cc1cc(Cl)ccc1C(=O)Nc1ccc(C(=O)N2CCC[C@H]3CCCC[C@@H]32)cc1. The number of likely N-dealkylation sites (tertiary alicyclic amines) is 1. The average Bonchev–Trinajstić information content (AvgIpc) is 2.73. The first kappa shape index (κ1) is 20.0. The summed E-state index contributed by atoms with van der Waals surface area (Å²) in [7, 11) is 0. The number of rotatable bonds is 3. The van der Waals surface area contributed by atoms with Gasteiger partial charge >= 0.3 is 0 Å². The Morgan fingerprint density at radius 2 is 1.72 bits per heavy atom. The number of benzene rings is 2. The zero-order valence-electron chi connectivity index (χ0n) is 16.8. The molecular formula is C24H27ClN2O2. The summed E-state index contributed by atoms with van der Waals surface area (Å²) >= 11 is 5.97. The Balaban J connectivity index is 1.44. The topological polar surface area (TPSA) is 49.4 Å². The lowest BCUT2D eigenvalue weighted by molar-refractivity contribution is 0.0390. The van der Waals surface area contributed by atoms with Gasteiger partial charge in [-0.05, 0) is 86.6 Å². The second-order valence-corrected chi connectivity index (χ2v) is 8.68. The summed E-state index contributed by atoms with van der Waals surface area (Å²) in [5, 5.41) is 3.51. The molecule has 29 heavy (non-hydrogen) atoms. The Morgan fingerprint density at radius 1 is 1.00 bits per heavy atom. The van der Waals surface area contributed by atoms with Crippen molar-refractivity contribution in [3.8, 4) is 0 Å². The van der Waals surface area contributed by atoms with Crippen LogP contribution in [0.25, 0.3) is 0 Å². The summed E-state index contributed by atoms with van der Waals surface area (Å²) in [6.07, 6.45) is 7.25. The van der Waals surface area contributed by atoms with E-state index in [-0.39, 0.29) is 11.8 Å². The maximum Gasteiger partial charge on any atom is 0.255 e. The van der Waals surface area contributed by atoms with Crippen molar-refractivity contribution in [1.29, 1.82) is 0 Å². The molecule has 2 amide bonds. The lowest BCUT2D eigenvalue weighted by atomic mass is 9.78. The molecule has 1 aliphatic heterocycles. The molecule has 0 unspecified atom stereocenters. The van der Waals surface area contributed by atoms with Gasteiger partial charge in [-0.2, -0.15) is 0 Å². The molecule has 2 aliphatic rings. The molecule has 2 aromatic carbocycles. The lowest BCUT2D eigenvalue weighted by Gasteiger charge is -2.44. The molecule has 0 bridgehead atoms. The highest BCUT2D eigenvalue weighted by Gasteiger charge is 2.35. The van der Waals surface area contributed by atoms with E-state index >= 15 is 0 Å². The van der Waals surface area contributed by atoms with Crippen LogP contribution in [-0.2, 0) is 0 Å². The molecule has 1 saturated heterocycles. The molecule has 0 radical (unpaired) electrons. The smallest absolute Gasteiger partial charge is 0.255 e.